The Kier molecular flexibility index (Phi) is 7.82. The first kappa shape index (κ1) is 24.7. The Morgan fingerprint density at radius 1 is 0.889 bits per heavy atom. The lowest BCUT2D eigenvalue weighted by Crippen LogP contribution is -2.21. The molecule has 0 aliphatic heterocycles. The zero-order valence-corrected chi connectivity index (χ0v) is 21.0. The van der Waals surface area contributed by atoms with Crippen LogP contribution in [-0.4, -0.2) is 32.2 Å². The van der Waals surface area contributed by atoms with Crippen LogP contribution in [-0.2, 0) is 0 Å². The van der Waals surface area contributed by atoms with Crippen molar-refractivity contribution in [3.63, 3.8) is 0 Å². The topological polar surface area (TPSA) is 102 Å². The van der Waals surface area contributed by atoms with Crippen molar-refractivity contribution in [2.24, 2.45) is 5.10 Å². The number of anilines is 1. The van der Waals surface area contributed by atoms with E-state index in [9.17, 15) is 9.59 Å². The number of nitrogens with zero attached hydrogens (tertiary/aromatic N) is 1. The molecule has 0 spiro atoms. The summed E-state index contributed by atoms with van der Waals surface area (Å²) in [5.41, 5.74) is 4.31. The molecule has 0 fully saturated rings. The number of hydrogen-bond donors (Lipinski definition) is 2. The molecule has 0 atom stereocenters. The summed E-state index contributed by atoms with van der Waals surface area (Å²) in [5, 5.41) is 6.75. The van der Waals surface area contributed by atoms with Crippen LogP contribution in [0.25, 0.3) is 11.3 Å². The number of methoxy groups -OCH3 is 2. The molecule has 4 aromatic rings. The second-order valence-corrected chi connectivity index (χ2v) is 8.39. The van der Waals surface area contributed by atoms with Crippen LogP contribution in [0.5, 0.6) is 11.5 Å². The molecule has 182 valence electrons. The zero-order chi connectivity index (χ0) is 25.5. The first-order valence-electron chi connectivity index (χ1n) is 10.8. The Labute approximate surface area is 216 Å². The highest BCUT2D eigenvalue weighted by Crippen LogP contribution is 2.28. The summed E-state index contributed by atoms with van der Waals surface area (Å²) in [6.07, 6.45) is 1.41. The molecule has 1 aromatic heterocycles. The number of nitrogens with one attached hydrogen (secondary N) is 2. The molecule has 0 unspecified atom stereocenters. The average Bonchev–Trinajstić information content (AvgIpc) is 3.37. The Morgan fingerprint density at radius 2 is 1.64 bits per heavy atom. The van der Waals surface area contributed by atoms with Crippen molar-refractivity contribution in [2.75, 3.05) is 19.5 Å². The minimum Gasteiger partial charge on any atom is -0.493 e. The fraction of sp³-hybridized carbons (Fsp3) is 0.0741. The third-order valence-electron chi connectivity index (χ3n) is 5.18. The summed E-state index contributed by atoms with van der Waals surface area (Å²) in [4.78, 5) is 25.6. The molecule has 2 N–H and O–H groups in total. The fourth-order valence-electron chi connectivity index (χ4n) is 3.37. The fourth-order valence-corrected chi connectivity index (χ4v) is 3.63. The smallest absolute Gasteiger partial charge is 0.273 e. The number of benzene rings is 3. The quantitative estimate of drug-likeness (QED) is 0.216. The van der Waals surface area contributed by atoms with E-state index in [0.717, 1.165) is 10.0 Å². The predicted molar refractivity (Wildman–Crippen MR) is 141 cm³/mol. The maximum atomic E-state index is 12.8. The molecule has 0 saturated heterocycles. The van der Waals surface area contributed by atoms with Gasteiger partial charge in [0.05, 0.1) is 31.7 Å². The average molecular weight is 548 g/mol. The molecule has 0 saturated carbocycles. The van der Waals surface area contributed by atoms with Crippen LogP contribution in [0.2, 0.25) is 0 Å². The second kappa shape index (κ2) is 11.4. The SMILES string of the molecule is COc1ccc(C(=O)Nc2ccccc2C(=O)NN=Cc2ccc(-c3ccc(Br)cc3)o2)cc1OC. The third kappa shape index (κ3) is 5.81. The Morgan fingerprint density at radius 3 is 2.39 bits per heavy atom. The van der Waals surface area contributed by atoms with Gasteiger partial charge in [-0.15, -0.1) is 0 Å². The Bertz CT molecular complexity index is 1410. The van der Waals surface area contributed by atoms with Crippen LogP contribution in [0.1, 0.15) is 26.5 Å². The summed E-state index contributed by atoms with van der Waals surface area (Å²) in [6.45, 7) is 0. The highest BCUT2D eigenvalue weighted by atomic mass is 79.9. The van der Waals surface area contributed by atoms with Crippen molar-refractivity contribution in [1.82, 2.24) is 5.43 Å². The van der Waals surface area contributed by atoms with Gasteiger partial charge in [0.2, 0.25) is 0 Å². The summed E-state index contributed by atoms with van der Waals surface area (Å²) < 4.78 is 17.2. The van der Waals surface area contributed by atoms with Crippen molar-refractivity contribution in [3.05, 3.63) is 100 Å². The number of carbonyl (C=O) groups excluding carboxylic acids is 2. The van der Waals surface area contributed by atoms with Gasteiger partial charge >= 0.3 is 0 Å². The van der Waals surface area contributed by atoms with Gasteiger partial charge in [-0.1, -0.05) is 40.2 Å². The largest absolute Gasteiger partial charge is 0.493 e. The lowest BCUT2D eigenvalue weighted by atomic mass is 10.1. The van der Waals surface area contributed by atoms with Crippen LogP contribution >= 0.6 is 15.9 Å². The number of furan rings is 1. The molecular weight excluding hydrogens is 526 g/mol. The third-order valence-corrected chi connectivity index (χ3v) is 5.71. The van der Waals surface area contributed by atoms with Gasteiger partial charge in [0.1, 0.15) is 11.5 Å². The molecule has 36 heavy (non-hydrogen) atoms. The lowest BCUT2D eigenvalue weighted by Gasteiger charge is -2.12. The molecule has 3 aromatic carbocycles. The number of hydrazone groups is 1. The summed E-state index contributed by atoms with van der Waals surface area (Å²) in [5.74, 6) is 1.19. The van der Waals surface area contributed by atoms with Gasteiger partial charge < -0.3 is 19.2 Å². The van der Waals surface area contributed by atoms with Gasteiger partial charge in [-0.05, 0) is 54.6 Å². The van der Waals surface area contributed by atoms with E-state index in [0.29, 0.717) is 34.3 Å². The number of hydrogen-bond acceptors (Lipinski definition) is 6. The summed E-state index contributed by atoms with van der Waals surface area (Å²) in [6, 6.07) is 22.7. The number of amides is 2. The summed E-state index contributed by atoms with van der Waals surface area (Å²) in [7, 11) is 3.01. The number of rotatable bonds is 8. The van der Waals surface area contributed by atoms with Crippen LogP contribution in [0, 0.1) is 0 Å². The molecule has 2 amide bonds. The number of halogens is 1. The number of carbonyl (C=O) groups is 2. The maximum Gasteiger partial charge on any atom is 0.273 e. The summed E-state index contributed by atoms with van der Waals surface area (Å²) >= 11 is 3.41. The molecule has 0 radical (unpaired) electrons. The van der Waals surface area contributed by atoms with Crippen molar-refractivity contribution in [2.45, 2.75) is 0 Å². The molecule has 9 heteroatoms. The van der Waals surface area contributed by atoms with E-state index in [-0.39, 0.29) is 5.56 Å². The van der Waals surface area contributed by atoms with Crippen LogP contribution in [0.3, 0.4) is 0 Å². The molecule has 0 aliphatic rings. The van der Waals surface area contributed by atoms with Crippen LogP contribution < -0.4 is 20.2 Å². The maximum absolute atomic E-state index is 12.8. The highest BCUT2D eigenvalue weighted by molar-refractivity contribution is 9.10. The Hall–Kier alpha value is -4.37. The van der Waals surface area contributed by atoms with E-state index < -0.39 is 11.8 Å². The van der Waals surface area contributed by atoms with Gasteiger partial charge in [-0.3, -0.25) is 9.59 Å². The van der Waals surface area contributed by atoms with Gasteiger partial charge in [0, 0.05) is 15.6 Å². The van der Waals surface area contributed by atoms with E-state index in [1.807, 2.05) is 30.3 Å². The van der Waals surface area contributed by atoms with Gasteiger partial charge in [-0.2, -0.15) is 5.10 Å². The van der Waals surface area contributed by atoms with Crippen molar-refractivity contribution in [3.8, 4) is 22.8 Å². The van der Waals surface area contributed by atoms with Gasteiger partial charge in [0.25, 0.3) is 11.8 Å². The number of para-hydroxylation sites is 1. The standard InChI is InChI=1S/C27H22BrN3O5/c1-34-24-13-9-18(15-25(24)35-2)26(32)30-22-6-4-3-5-21(22)27(33)31-29-16-20-12-14-23(36-20)17-7-10-19(28)11-8-17/h3-16H,1-2H3,(H,30,32)(H,31,33). The number of ether oxygens (including phenoxy) is 2. The van der Waals surface area contributed by atoms with E-state index >= 15 is 0 Å². The second-order valence-electron chi connectivity index (χ2n) is 7.48. The van der Waals surface area contributed by atoms with E-state index in [2.05, 4.69) is 31.8 Å². The van der Waals surface area contributed by atoms with Crippen LogP contribution in [0.4, 0.5) is 5.69 Å². The molecule has 1 heterocycles. The van der Waals surface area contributed by atoms with Crippen molar-refractivity contribution < 1.29 is 23.5 Å². The molecule has 8 nitrogen and oxygen atoms in total. The minimum absolute atomic E-state index is 0.249. The predicted octanol–water partition coefficient (Wildman–Crippen LogP) is 5.74. The molecule has 0 bridgehead atoms. The zero-order valence-electron chi connectivity index (χ0n) is 19.4. The molecule has 0 aliphatic carbocycles. The highest BCUT2D eigenvalue weighted by Gasteiger charge is 2.15. The lowest BCUT2D eigenvalue weighted by molar-refractivity contribution is 0.0956. The van der Waals surface area contributed by atoms with Gasteiger partial charge in [0.15, 0.2) is 11.5 Å². The minimum atomic E-state index is -0.492. The first-order chi connectivity index (χ1) is 17.5. The monoisotopic (exact) mass is 547 g/mol. The van der Waals surface area contributed by atoms with E-state index in [1.54, 1.807) is 48.5 Å². The van der Waals surface area contributed by atoms with Crippen molar-refractivity contribution >= 4 is 39.6 Å². The normalized spacial score (nSPS) is 10.8. The first-order valence-corrected chi connectivity index (χ1v) is 11.6. The molecular formula is C27H22BrN3O5. The van der Waals surface area contributed by atoms with E-state index in [4.69, 9.17) is 13.9 Å². The molecule has 4 rings (SSSR count). The van der Waals surface area contributed by atoms with Gasteiger partial charge in [-0.25, -0.2) is 5.43 Å². The van der Waals surface area contributed by atoms with E-state index in [1.165, 1.54) is 20.4 Å². The Balaban J connectivity index is 1.43. The van der Waals surface area contributed by atoms with Crippen LogP contribution in [0.15, 0.2) is 92.9 Å². The van der Waals surface area contributed by atoms with Crippen molar-refractivity contribution in [1.29, 1.82) is 0 Å².